The molecule has 3 N–H and O–H groups in total. The number of hydrogen-bond donors (Lipinski definition) is 2. The minimum atomic E-state index is -1.12. The molecule has 19 heavy (non-hydrogen) atoms. The van der Waals surface area contributed by atoms with Crippen LogP contribution in [0.15, 0.2) is 30.3 Å². The van der Waals surface area contributed by atoms with Gasteiger partial charge in [0.25, 0.3) is 0 Å². The van der Waals surface area contributed by atoms with Crippen LogP contribution in [0.1, 0.15) is 25.8 Å². The molecular weight excluding hydrogens is 244 g/mol. The van der Waals surface area contributed by atoms with E-state index in [4.69, 9.17) is 10.5 Å². The second-order valence-corrected chi connectivity index (χ2v) is 4.38. The summed E-state index contributed by atoms with van der Waals surface area (Å²) in [6.45, 7) is 3.94. The van der Waals surface area contributed by atoms with Crippen molar-refractivity contribution in [2.24, 2.45) is 5.73 Å². The van der Waals surface area contributed by atoms with Crippen LogP contribution in [-0.2, 0) is 19.9 Å². The van der Waals surface area contributed by atoms with Crippen LogP contribution < -0.4 is 11.1 Å². The van der Waals surface area contributed by atoms with E-state index in [2.05, 4.69) is 5.32 Å². The molecule has 5 heteroatoms. The Hall–Kier alpha value is -1.88. The Balaban J connectivity index is 2.51. The monoisotopic (exact) mass is 264 g/mol. The molecule has 1 aromatic carbocycles. The predicted molar refractivity (Wildman–Crippen MR) is 72.2 cm³/mol. The Morgan fingerprint density at radius 3 is 2.53 bits per heavy atom. The first kappa shape index (κ1) is 15.2. The molecule has 1 amide bonds. The summed E-state index contributed by atoms with van der Waals surface area (Å²) in [5, 5.41) is 2.65. The Bertz CT molecular complexity index is 430. The zero-order valence-electron chi connectivity index (χ0n) is 11.3. The zero-order chi connectivity index (χ0) is 14.3. The number of carbonyl (C=O) groups excluding carboxylic acids is 2. The van der Waals surface area contributed by atoms with Gasteiger partial charge in [-0.2, -0.15) is 0 Å². The molecule has 5 nitrogen and oxygen atoms in total. The van der Waals surface area contributed by atoms with E-state index in [1.165, 1.54) is 0 Å². The quantitative estimate of drug-likeness (QED) is 0.749. The van der Waals surface area contributed by atoms with Gasteiger partial charge in [0, 0.05) is 6.54 Å². The number of carbonyl (C=O) groups is 2. The fourth-order valence-electron chi connectivity index (χ4n) is 1.61. The maximum absolute atomic E-state index is 12.0. The first-order chi connectivity index (χ1) is 8.98. The number of ether oxygens (including phenoxy) is 1. The summed E-state index contributed by atoms with van der Waals surface area (Å²) in [5.74, 6) is -0.649. The molecule has 1 rings (SSSR count). The highest BCUT2D eigenvalue weighted by Gasteiger charge is 2.29. The summed E-state index contributed by atoms with van der Waals surface area (Å²) in [6.07, 6.45) is 0.143. The van der Waals surface area contributed by atoms with E-state index in [-0.39, 0.29) is 24.8 Å². The fourth-order valence-corrected chi connectivity index (χ4v) is 1.61. The number of rotatable bonds is 6. The summed E-state index contributed by atoms with van der Waals surface area (Å²) in [6, 6.07) is 9.10. The van der Waals surface area contributed by atoms with E-state index in [9.17, 15) is 9.59 Å². The molecule has 0 bridgehead atoms. The molecule has 1 atom stereocenters. The minimum Gasteiger partial charge on any atom is -0.466 e. The van der Waals surface area contributed by atoms with Crippen molar-refractivity contribution in [1.82, 2.24) is 5.32 Å². The largest absolute Gasteiger partial charge is 0.466 e. The molecule has 0 spiro atoms. The van der Waals surface area contributed by atoms with Crippen molar-refractivity contribution in [2.45, 2.75) is 25.8 Å². The molecule has 1 unspecified atom stereocenters. The van der Waals surface area contributed by atoms with Crippen molar-refractivity contribution in [2.75, 3.05) is 13.2 Å². The van der Waals surface area contributed by atoms with Crippen molar-refractivity contribution in [1.29, 1.82) is 0 Å². The lowest BCUT2D eigenvalue weighted by molar-refractivity contribution is -0.143. The molecule has 0 aliphatic carbocycles. The van der Waals surface area contributed by atoms with E-state index in [0.29, 0.717) is 6.61 Å². The topological polar surface area (TPSA) is 81.4 Å². The third kappa shape index (κ3) is 4.37. The summed E-state index contributed by atoms with van der Waals surface area (Å²) >= 11 is 0. The first-order valence-electron chi connectivity index (χ1n) is 6.26. The van der Waals surface area contributed by atoms with Crippen LogP contribution in [0.2, 0.25) is 0 Å². The Labute approximate surface area is 113 Å². The number of esters is 1. The van der Waals surface area contributed by atoms with Crippen molar-refractivity contribution in [3.63, 3.8) is 0 Å². The van der Waals surface area contributed by atoms with Gasteiger partial charge in [0.2, 0.25) is 5.91 Å². The molecule has 0 heterocycles. The fraction of sp³-hybridized carbons (Fsp3) is 0.429. The number of amides is 1. The SMILES string of the molecule is CCOC(=O)CCNC(=O)C(C)(N)c1ccccc1. The minimum absolute atomic E-state index is 0.143. The molecule has 0 saturated carbocycles. The van der Waals surface area contributed by atoms with Crippen LogP contribution in [0.3, 0.4) is 0 Å². The lowest BCUT2D eigenvalue weighted by Gasteiger charge is -2.23. The van der Waals surface area contributed by atoms with Crippen molar-refractivity contribution >= 4 is 11.9 Å². The Morgan fingerprint density at radius 1 is 1.32 bits per heavy atom. The van der Waals surface area contributed by atoms with E-state index < -0.39 is 5.54 Å². The summed E-state index contributed by atoms with van der Waals surface area (Å²) < 4.78 is 4.77. The van der Waals surface area contributed by atoms with Crippen molar-refractivity contribution in [3.8, 4) is 0 Å². The molecule has 0 aliphatic rings. The van der Waals surface area contributed by atoms with Gasteiger partial charge in [-0.3, -0.25) is 9.59 Å². The normalized spacial score (nSPS) is 13.4. The highest BCUT2D eigenvalue weighted by Crippen LogP contribution is 2.17. The summed E-state index contributed by atoms with van der Waals surface area (Å²) in [7, 11) is 0. The molecule has 0 aromatic heterocycles. The van der Waals surface area contributed by atoms with Gasteiger partial charge in [-0.1, -0.05) is 30.3 Å². The van der Waals surface area contributed by atoms with Gasteiger partial charge in [0.15, 0.2) is 0 Å². The molecular formula is C14H20N2O3. The lowest BCUT2D eigenvalue weighted by atomic mass is 9.92. The highest BCUT2D eigenvalue weighted by molar-refractivity contribution is 5.87. The maximum atomic E-state index is 12.0. The Morgan fingerprint density at radius 2 is 1.95 bits per heavy atom. The van der Waals surface area contributed by atoms with E-state index in [1.54, 1.807) is 26.0 Å². The van der Waals surface area contributed by atoms with Gasteiger partial charge >= 0.3 is 5.97 Å². The third-order valence-corrected chi connectivity index (χ3v) is 2.77. The van der Waals surface area contributed by atoms with Gasteiger partial charge in [-0.05, 0) is 19.4 Å². The van der Waals surface area contributed by atoms with Crippen LogP contribution in [-0.4, -0.2) is 25.0 Å². The van der Waals surface area contributed by atoms with Crippen LogP contribution in [0, 0.1) is 0 Å². The van der Waals surface area contributed by atoms with Gasteiger partial charge in [0.1, 0.15) is 5.54 Å². The van der Waals surface area contributed by atoms with Crippen LogP contribution in [0.5, 0.6) is 0 Å². The third-order valence-electron chi connectivity index (χ3n) is 2.77. The molecule has 0 aliphatic heterocycles. The lowest BCUT2D eigenvalue weighted by Crippen LogP contribution is -2.49. The number of nitrogens with two attached hydrogens (primary N) is 1. The van der Waals surface area contributed by atoms with Gasteiger partial charge in [-0.25, -0.2) is 0 Å². The summed E-state index contributed by atoms with van der Waals surface area (Å²) in [5.41, 5.74) is 5.64. The van der Waals surface area contributed by atoms with Gasteiger partial charge < -0.3 is 15.8 Å². The standard InChI is InChI=1S/C14H20N2O3/c1-3-19-12(17)9-10-16-13(18)14(2,15)11-7-5-4-6-8-11/h4-8H,3,9-10,15H2,1-2H3,(H,16,18). The van der Waals surface area contributed by atoms with Gasteiger partial charge in [-0.15, -0.1) is 0 Å². The predicted octanol–water partition coefficient (Wildman–Crippen LogP) is 0.930. The Kier molecular flexibility index (Phi) is 5.51. The van der Waals surface area contributed by atoms with E-state index >= 15 is 0 Å². The van der Waals surface area contributed by atoms with Crippen molar-refractivity contribution in [3.05, 3.63) is 35.9 Å². The number of benzene rings is 1. The van der Waals surface area contributed by atoms with Crippen LogP contribution in [0.4, 0.5) is 0 Å². The first-order valence-corrected chi connectivity index (χ1v) is 6.26. The maximum Gasteiger partial charge on any atom is 0.307 e. The van der Waals surface area contributed by atoms with Crippen LogP contribution >= 0.6 is 0 Å². The zero-order valence-corrected chi connectivity index (χ0v) is 11.3. The summed E-state index contributed by atoms with van der Waals surface area (Å²) in [4.78, 5) is 23.2. The van der Waals surface area contributed by atoms with Crippen molar-refractivity contribution < 1.29 is 14.3 Å². The molecule has 0 saturated heterocycles. The highest BCUT2D eigenvalue weighted by atomic mass is 16.5. The second-order valence-electron chi connectivity index (χ2n) is 4.38. The number of nitrogens with one attached hydrogen (secondary N) is 1. The smallest absolute Gasteiger partial charge is 0.307 e. The van der Waals surface area contributed by atoms with Crippen LogP contribution in [0.25, 0.3) is 0 Å². The second kappa shape index (κ2) is 6.89. The van der Waals surface area contributed by atoms with E-state index in [0.717, 1.165) is 5.56 Å². The molecule has 0 fully saturated rings. The average Bonchev–Trinajstić information content (AvgIpc) is 2.40. The average molecular weight is 264 g/mol. The molecule has 0 radical (unpaired) electrons. The van der Waals surface area contributed by atoms with E-state index in [1.807, 2.05) is 18.2 Å². The number of hydrogen-bond acceptors (Lipinski definition) is 4. The molecule has 1 aromatic rings. The van der Waals surface area contributed by atoms with Gasteiger partial charge in [0.05, 0.1) is 13.0 Å². The molecule has 104 valence electrons.